The molecular weight excluding hydrogens is 318 g/mol. The molecule has 0 bridgehead atoms. The van der Waals surface area contributed by atoms with E-state index >= 15 is 0 Å². The number of aromatic nitrogens is 5. The molecule has 0 unspecified atom stereocenters. The van der Waals surface area contributed by atoms with Crippen LogP contribution in [0, 0.1) is 0 Å². The van der Waals surface area contributed by atoms with Crippen molar-refractivity contribution in [1.29, 1.82) is 0 Å². The number of piperidine rings is 1. The molecule has 0 radical (unpaired) electrons. The number of nitrogens with one attached hydrogen (secondary N) is 1. The molecule has 0 aliphatic carbocycles. The lowest BCUT2D eigenvalue weighted by molar-refractivity contribution is 0.0925. The fourth-order valence-electron chi connectivity index (χ4n) is 3.23. The fourth-order valence-corrected chi connectivity index (χ4v) is 3.23. The molecule has 0 aromatic carbocycles. The number of hydrogen-bond donors (Lipinski definition) is 1. The molecule has 0 atom stereocenters. The van der Waals surface area contributed by atoms with Crippen molar-refractivity contribution in [3.8, 4) is 0 Å². The molecule has 3 aromatic heterocycles. The SMILES string of the molecule is Cn1ccc2c(N3CCC(NC(=O)c4cnccn4)CC3)ncnc21. The topological polar surface area (TPSA) is 88.8 Å². The van der Waals surface area contributed by atoms with Gasteiger partial charge in [0, 0.05) is 44.8 Å². The van der Waals surface area contributed by atoms with E-state index in [0.717, 1.165) is 42.8 Å². The first-order chi connectivity index (χ1) is 12.2. The summed E-state index contributed by atoms with van der Waals surface area (Å²) in [6.07, 6.45) is 9.90. The van der Waals surface area contributed by atoms with Gasteiger partial charge in [-0.25, -0.2) is 15.0 Å². The van der Waals surface area contributed by atoms with E-state index in [9.17, 15) is 4.79 Å². The van der Waals surface area contributed by atoms with Gasteiger partial charge in [0.05, 0.1) is 11.6 Å². The van der Waals surface area contributed by atoms with Crippen molar-refractivity contribution in [2.45, 2.75) is 18.9 Å². The second-order valence-electron chi connectivity index (χ2n) is 6.19. The number of amides is 1. The zero-order valence-corrected chi connectivity index (χ0v) is 14.0. The number of aryl methyl sites for hydroxylation is 1. The zero-order chi connectivity index (χ0) is 17.2. The molecule has 1 aliphatic rings. The first-order valence-electron chi connectivity index (χ1n) is 8.30. The maximum atomic E-state index is 12.2. The minimum atomic E-state index is -0.168. The number of hydrogen-bond acceptors (Lipinski definition) is 6. The molecule has 0 saturated carbocycles. The van der Waals surface area contributed by atoms with E-state index in [-0.39, 0.29) is 11.9 Å². The standard InChI is InChI=1S/C17H19N7O/c1-23-7-4-13-15(23)20-11-21-16(13)24-8-2-12(3-9-24)22-17(25)14-10-18-5-6-19-14/h4-7,10-12H,2-3,8-9H2,1H3,(H,22,25). The van der Waals surface area contributed by atoms with Gasteiger partial charge in [-0.1, -0.05) is 0 Å². The Bertz CT molecular complexity index is 884. The average Bonchev–Trinajstić information content (AvgIpc) is 3.04. The van der Waals surface area contributed by atoms with Crippen molar-refractivity contribution in [2.75, 3.05) is 18.0 Å². The quantitative estimate of drug-likeness (QED) is 0.771. The third kappa shape index (κ3) is 3.02. The third-order valence-corrected chi connectivity index (χ3v) is 4.57. The van der Waals surface area contributed by atoms with E-state index < -0.39 is 0 Å². The third-order valence-electron chi connectivity index (χ3n) is 4.57. The predicted molar refractivity (Wildman–Crippen MR) is 93.2 cm³/mol. The Labute approximate surface area is 144 Å². The predicted octanol–water partition coefficient (Wildman–Crippen LogP) is 1.16. The molecule has 4 heterocycles. The normalized spacial score (nSPS) is 15.5. The summed E-state index contributed by atoms with van der Waals surface area (Å²) in [6, 6.07) is 2.19. The molecule has 1 aliphatic heterocycles. The van der Waals surface area contributed by atoms with Crippen molar-refractivity contribution in [3.63, 3.8) is 0 Å². The Morgan fingerprint density at radius 3 is 2.80 bits per heavy atom. The van der Waals surface area contributed by atoms with Crippen LogP contribution in [0.3, 0.4) is 0 Å². The van der Waals surface area contributed by atoms with Crippen molar-refractivity contribution < 1.29 is 4.79 Å². The van der Waals surface area contributed by atoms with Crippen LogP contribution in [0.1, 0.15) is 23.3 Å². The molecule has 8 nitrogen and oxygen atoms in total. The molecule has 1 N–H and O–H groups in total. The summed E-state index contributed by atoms with van der Waals surface area (Å²) in [5.41, 5.74) is 1.29. The van der Waals surface area contributed by atoms with Crippen molar-refractivity contribution in [3.05, 3.63) is 42.9 Å². The maximum absolute atomic E-state index is 12.2. The lowest BCUT2D eigenvalue weighted by Gasteiger charge is -2.33. The minimum Gasteiger partial charge on any atom is -0.356 e. The van der Waals surface area contributed by atoms with Crippen LogP contribution < -0.4 is 10.2 Å². The van der Waals surface area contributed by atoms with Gasteiger partial charge in [-0.15, -0.1) is 0 Å². The molecule has 0 spiro atoms. The molecule has 128 valence electrons. The van der Waals surface area contributed by atoms with Gasteiger partial charge in [0.15, 0.2) is 0 Å². The van der Waals surface area contributed by atoms with Gasteiger partial charge in [0.25, 0.3) is 5.91 Å². The lowest BCUT2D eigenvalue weighted by atomic mass is 10.0. The molecule has 1 fully saturated rings. The summed E-state index contributed by atoms with van der Waals surface area (Å²) >= 11 is 0. The van der Waals surface area contributed by atoms with Gasteiger partial charge in [-0.2, -0.15) is 0 Å². The summed E-state index contributed by atoms with van der Waals surface area (Å²) in [7, 11) is 1.98. The molecule has 3 aromatic rings. The highest BCUT2D eigenvalue weighted by molar-refractivity contribution is 5.92. The summed E-state index contributed by atoms with van der Waals surface area (Å²) < 4.78 is 1.99. The highest BCUT2D eigenvalue weighted by Gasteiger charge is 2.24. The second kappa shape index (κ2) is 6.46. The van der Waals surface area contributed by atoms with E-state index in [1.54, 1.807) is 12.5 Å². The Morgan fingerprint density at radius 2 is 2.04 bits per heavy atom. The Balaban J connectivity index is 1.42. The fraction of sp³-hybridized carbons (Fsp3) is 0.353. The Morgan fingerprint density at radius 1 is 1.20 bits per heavy atom. The summed E-state index contributed by atoms with van der Waals surface area (Å²) in [5.74, 6) is 0.795. The van der Waals surface area contributed by atoms with Crippen LogP contribution in [-0.4, -0.2) is 49.5 Å². The summed E-state index contributed by atoms with van der Waals surface area (Å²) in [5, 5.41) is 4.11. The van der Waals surface area contributed by atoms with E-state index in [4.69, 9.17) is 0 Å². The van der Waals surface area contributed by atoms with Crippen molar-refractivity contribution in [1.82, 2.24) is 29.8 Å². The molecule has 25 heavy (non-hydrogen) atoms. The van der Waals surface area contributed by atoms with Gasteiger partial charge < -0.3 is 14.8 Å². The minimum absolute atomic E-state index is 0.138. The number of anilines is 1. The van der Waals surface area contributed by atoms with Crippen LogP contribution in [0.2, 0.25) is 0 Å². The summed E-state index contributed by atoms with van der Waals surface area (Å²) in [4.78, 5) is 31.2. The average molecular weight is 337 g/mol. The smallest absolute Gasteiger partial charge is 0.271 e. The maximum Gasteiger partial charge on any atom is 0.271 e. The van der Waals surface area contributed by atoms with E-state index in [0.29, 0.717) is 5.69 Å². The molecule has 1 saturated heterocycles. The van der Waals surface area contributed by atoms with Crippen LogP contribution in [-0.2, 0) is 7.05 Å². The van der Waals surface area contributed by atoms with Gasteiger partial charge in [0.1, 0.15) is 23.5 Å². The zero-order valence-electron chi connectivity index (χ0n) is 14.0. The van der Waals surface area contributed by atoms with E-state index in [2.05, 4.69) is 30.2 Å². The number of carbonyl (C=O) groups excluding carboxylic acids is 1. The molecule has 1 amide bonds. The first-order valence-corrected chi connectivity index (χ1v) is 8.30. The molecule has 8 heteroatoms. The van der Waals surface area contributed by atoms with Crippen LogP contribution in [0.4, 0.5) is 5.82 Å². The van der Waals surface area contributed by atoms with Crippen LogP contribution in [0.5, 0.6) is 0 Å². The highest BCUT2D eigenvalue weighted by atomic mass is 16.1. The van der Waals surface area contributed by atoms with Gasteiger partial charge in [-0.05, 0) is 18.9 Å². The van der Waals surface area contributed by atoms with Gasteiger partial charge in [0.2, 0.25) is 0 Å². The number of carbonyl (C=O) groups is 1. The van der Waals surface area contributed by atoms with Crippen LogP contribution >= 0.6 is 0 Å². The van der Waals surface area contributed by atoms with Crippen molar-refractivity contribution in [2.24, 2.45) is 7.05 Å². The van der Waals surface area contributed by atoms with E-state index in [1.165, 1.54) is 12.4 Å². The first kappa shape index (κ1) is 15.5. The molecule has 4 rings (SSSR count). The van der Waals surface area contributed by atoms with Crippen molar-refractivity contribution >= 4 is 22.8 Å². The number of fused-ring (bicyclic) bond motifs is 1. The number of rotatable bonds is 3. The summed E-state index contributed by atoms with van der Waals surface area (Å²) in [6.45, 7) is 1.68. The lowest BCUT2D eigenvalue weighted by Crippen LogP contribution is -2.45. The number of nitrogens with zero attached hydrogens (tertiary/aromatic N) is 6. The Hall–Kier alpha value is -3.03. The van der Waals surface area contributed by atoms with Crippen LogP contribution in [0.15, 0.2) is 37.2 Å². The highest BCUT2D eigenvalue weighted by Crippen LogP contribution is 2.26. The van der Waals surface area contributed by atoms with Gasteiger partial charge >= 0.3 is 0 Å². The largest absolute Gasteiger partial charge is 0.356 e. The molecular formula is C17H19N7O. The van der Waals surface area contributed by atoms with E-state index in [1.807, 2.05) is 23.9 Å². The second-order valence-corrected chi connectivity index (χ2v) is 6.19. The van der Waals surface area contributed by atoms with Gasteiger partial charge in [-0.3, -0.25) is 9.78 Å². The monoisotopic (exact) mass is 337 g/mol. The Kier molecular flexibility index (Phi) is 4.01. The van der Waals surface area contributed by atoms with Crippen LogP contribution in [0.25, 0.3) is 11.0 Å².